The van der Waals surface area contributed by atoms with Gasteiger partial charge in [-0.15, -0.1) is 12.4 Å². The molecule has 29 heavy (non-hydrogen) atoms. The van der Waals surface area contributed by atoms with E-state index in [0.29, 0.717) is 43.2 Å². The zero-order chi connectivity index (χ0) is 19.7. The van der Waals surface area contributed by atoms with Gasteiger partial charge in [0.25, 0.3) is 11.8 Å². The average molecular weight is 421 g/mol. The fraction of sp³-hybridized carbons (Fsp3) is 0.571. The van der Waals surface area contributed by atoms with E-state index in [1.165, 1.54) is 0 Å². The fourth-order valence-corrected chi connectivity index (χ4v) is 4.55. The Morgan fingerprint density at radius 3 is 2.69 bits per heavy atom. The summed E-state index contributed by atoms with van der Waals surface area (Å²) in [4.78, 5) is 31.7. The van der Waals surface area contributed by atoms with Gasteiger partial charge in [0.2, 0.25) is 0 Å². The molecule has 0 saturated carbocycles. The van der Waals surface area contributed by atoms with Crippen LogP contribution in [0.25, 0.3) is 0 Å². The van der Waals surface area contributed by atoms with E-state index in [-0.39, 0.29) is 24.2 Å². The molecule has 2 saturated heterocycles. The lowest BCUT2D eigenvalue weighted by Gasteiger charge is -2.35. The lowest BCUT2D eigenvalue weighted by Crippen LogP contribution is -2.50. The topological polar surface area (TPSA) is 83.0 Å². The van der Waals surface area contributed by atoms with E-state index < -0.39 is 5.54 Å². The summed E-state index contributed by atoms with van der Waals surface area (Å²) in [5, 5.41) is 6.19. The molecule has 1 atom stereocenters. The van der Waals surface area contributed by atoms with Crippen molar-refractivity contribution < 1.29 is 14.3 Å². The maximum absolute atomic E-state index is 13.1. The van der Waals surface area contributed by atoms with Gasteiger partial charge in [0, 0.05) is 18.7 Å². The SMILES string of the molecule is COc1ccc(C(=O)N2CCC3(CC2)N=C(C)NC3=O)cc1CC1CCNC1.Cl. The van der Waals surface area contributed by atoms with Gasteiger partial charge in [-0.3, -0.25) is 14.6 Å². The number of carbonyl (C=O) groups is 2. The van der Waals surface area contributed by atoms with E-state index in [4.69, 9.17) is 4.74 Å². The van der Waals surface area contributed by atoms with Crippen LogP contribution in [0.2, 0.25) is 0 Å². The average Bonchev–Trinajstić information content (AvgIpc) is 3.29. The van der Waals surface area contributed by atoms with Crippen molar-refractivity contribution in [2.45, 2.75) is 38.1 Å². The lowest BCUT2D eigenvalue weighted by molar-refractivity contribution is -0.125. The first-order valence-electron chi connectivity index (χ1n) is 10.1. The van der Waals surface area contributed by atoms with Crippen LogP contribution >= 0.6 is 12.4 Å². The summed E-state index contributed by atoms with van der Waals surface area (Å²) in [5.41, 5.74) is 1.10. The molecule has 3 aliphatic rings. The van der Waals surface area contributed by atoms with E-state index in [0.717, 1.165) is 37.2 Å². The minimum Gasteiger partial charge on any atom is -0.496 e. The van der Waals surface area contributed by atoms with Crippen molar-refractivity contribution in [2.75, 3.05) is 33.3 Å². The Labute approximate surface area is 177 Å². The van der Waals surface area contributed by atoms with Crippen molar-refractivity contribution in [1.29, 1.82) is 0 Å². The summed E-state index contributed by atoms with van der Waals surface area (Å²) >= 11 is 0. The predicted molar refractivity (Wildman–Crippen MR) is 114 cm³/mol. The number of methoxy groups -OCH3 is 1. The maximum atomic E-state index is 13.1. The van der Waals surface area contributed by atoms with Crippen LogP contribution in [0, 0.1) is 5.92 Å². The summed E-state index contributed by atoms with van der Waals surface area (Å²) < 4.78 is 5.52. The third kappa shape index (κ3) is 4.26. The fourth-order valence-electron chi connectivity index (χ4n) is 4.55. The molecule has 2 fully saturated rings. The first kappa shape index (κ1) is 21.6. The van der Waals surface area contributed by atoms with Crippen molar-refractivity contribution in [3.8, 4) is 5.75 Å². The number of nitrogens with zero attached hydrogens (tertiary/aromatic N) is 2. The van der Waals surface area contributed by atoms with Gasteiger partial charge in [-0.25, -0.2) is 0 Å². The molecule has 1 aromatic carbocycles. The Bertz CT molecular complexity index is 812. The highest BCUT2D eigenvalue weighted by Crippen LogP contribution is 2.31. The number of ether oxygens (including phenoxy) is 1. The molecule has 2 amide bonds. The molecular weight excluding hydrogens is 392 g/mol. The minimum absolute atomic E-state index is 0. The number of aliphatic imine (C=N–C) groups is 1. The van der Waals surface area contributed by atoms with Crippen molar-refractivity contribution in [3.63, 3.8) is 0 Å². The van der Waals surface area contributed by atoms with Crippen LogP contribution in [0.1, 0.15) is 42.1 Å². The van der Waals surface area contributed by atoms with Crippen molar-refractivity contribution in [2.24, 2.45) is 10.9 Å². The largest absolute Gasteiger partial charge is 0.496 e. The molecule has 0 radical (unpaired) electrons. The second-order valence-electron chi connectivity index (χ2n) is 8.06. The molecule has 3 heterocycles. The Kier molecular flexibility index (Phi) is 6.49. The van der Waals surface area contributed by atoms with E-state index in [9.17, 15) is 9.59 Å². The number of likely N-dealkylation sites (tertiary alicyclic amines) is 1. The molecule has 0 aliphatic carbocycles. The summed E-state index contributed by atoms with van der Waals surface area (Å²) in [7, 11) is 1.67. The smallest absolute Gasteiger partial charge is 0.253 e. The molecule has 1 spiro atoms. The number of benzene rings is 1. The predicted octanol–water partition coefficient (Wildman–Crippen LogP) is 1.79. The highest BCUT2D eigenvalue weighted by Gasteiger charge is 2.45. The van der Waals surface area contributed by atoms with Gasteiger partial charge in [-0.2, -0.15) is 0 Å². The molecule has 2 N–H and O–H groups in total. The van der Waals surface area contributed by atoms with Crippen LogP contribution in [0.3, 0.4) is 0 Å². The van der Waals surface area contributed by atoms with Crippen LogP contribution < -0.4 is 15.4 Å². The van der Waals surface area contributed by atoms with Crippen LogP contribution in [0.5, 0.6) is 5.75 Å². The van der Waals surface area contributed by atoms with Crippen LogP contribution in [0.15, 0.2) is 23.2 Å². The molecule has 1 aromatic rings. The van der Waals surface area contributed by atoms with Gasteiger partial charge < -0.3 is 20.3 Å². The highest BCUT2D eigenvalue weighted by molar-refractivity contribution is 6.07. The van der Waals surface area contributed by atoms with Crippen molar-refractivity contribution in [1.82, 2.24) is 15.5 Å². The maximum Gasteiger partial charge on any atom is 0.253 e. The number of amidine groups is 1. The van der Waals surface area contributed by atoms with Crippen LogP contribution in [0.4, 0.5) is 0 Å². The standard InChI is InChI=1S/C21H28N4O3.ClH/c1-14-23-20(27)21(24-14)6-9-25(10-7-21)19(26)16-3-4-18(28-2)17(12-16)11-15-5-8-22-13-15;/h3-4,12,15,22H,5-11,13H2,1-2H3,(H,23,24,27);1H. The number of rotatable bonds is 4. The third-order valence-corrected chi connectivity index (χ3v) is 6.17. The van der Waals surface area contributed by atoms with Gasteiger partial charge in [-0.05, 0) is 75.4 Å². The summed E-state index contributed by atoms with van der Waals surface area (Å²) in [5.74, 6) is 2.08. The van der Waals surface area contributed by atoms with E-state index in [2.05, 4.69) is 15.6 Å². The van der Waals surface area contributed by atoms with Gasteiger partial charge in [-0.1, -0.05) is 0 Å². The van der Waals surface area contributed by atoms with Gasteiger partial charge in [0.15, 0.2) is 0 Å². The number of carbonyl (C=O) groups excluding carboxylic acids is 2. The van der Waals surface area contributed by atoms with Crippen molar-refractivity contribution in [3.05, 3.63) is 29.3 Å². The first-order chi connectivity index (χ1) is 13.5. The van der Waals surface area contributed by atoms with E-state index in [1.807, 2.05) is 30.0 Å². The van der Waals surface area contributed by atoms with Gasteiger partial charge >= 0.3 is 0 Å². The van der Waals surface area contributed by atoms with Crippen LogP contribution in [-0.2, 0) is 11.2 Å². The summed E-state index contributed by atoms with van der Waals surface area (Å²) in [6.45, 7) is 4.95. The number of piperidine rings is 1. The summed E-state index contributed by atoms with van der Waals surface area (Å²) in [6, 6.07) is 5.72. The molecule has 8 heteroatoms. The number of nitrogens with one attached hydrogen (secondary N) is 2. The zero-order valence-corrected chi connectivity index (χ0v) is 17.8. The Hall–Kier alpha value is -2.12. The number of hydrogen-bond donors (Lipinski definition) is 2. The van der Waals surface area contributed by atoms with E-state index in [1.54, 1.807) is 7.11 Å². The molecule has 7 nitrogen and oxygen atoms in total. The molecule has 3 aliphatic heterocycles. The Morgan fingerprint density at radius 2 is 2.10 bits per heavy atom. The first-order valence-corrected chi connectivity index (χ1v) is 10.1. The van der Waals surface area contributed by atoms with Gasteiger partial charge in [0.1, 0.15) is 17.1 Å². The molecule has 0 bridgehead atoms. The quantitative estimate of drug-likeness (QED) is 0.778. The number of amides is 2. The molecule has 1 unspecified atom stereocenters. The summed E-state index contributed by atoms with van der Waals surface area (Å²) in [6.07, 6.45) is 3.20. The monoisotopic (exact) mass is 420 g/mol. The molecular formula is C21H29ClN4O3. The normalized spacial score (nSPS) is 22.8. The van der Waals surface area contributed by atoms with Crippen molar-refractivity contribution >= 4 is 30.1 Å². The van der Waals surface area contributed by atoms with Crippen LogP contribution in [-0.4, -0.2) is 61.4 Å². The lowest BCUT2D eigenvalue weighted by atomic mass is 9.87. The second kappa shape index (κ2) is 8.71. The Morgan fingerprint density at radius 1 is 1.34 bits per heavy atom. The highest BCUT2D eigenvalue weighted by atomic mass is 35.5. The van der Waals surface area contributed by atoms with Gasteiger partial charge in [0.05, 0.1) is 7.11 Å². The molecule has 0 aromatic heterocycles. The minimum atomic E-state index is -0.679. The number of halogens is 1. The second-order valence-corrected chi connectivity index (χ2v) is 8.06. The zero-order valence-electron chi connectivity index (χ0n) is 17.0. The third-order valence-electron chi connectivity index (χ3n) is 6.17. The Balaban J connectivity index is 0.00000240. The molecule has 4 rings (SSSR count). The van der Waals surface area contributed by atoms with E-state index >= 15 is 0 Å². The molecule has 158 valence electrons. The number of hydrogen-bond acceptors (Lipinski definition) is 5.